The Bertz CT molecular complexity index is 2310. The Labute approximate surface area is 328 Å². The quantitative estimate of drug-likeness (QED) is 0.0646. The molecule has 4 amide bonds. The summed E-state index contributed by atoms with van der Waals surface area (Å²) in [5.74, 6) is -1.04. The van der Waals surface area contributed by atoms with Gasteiger partial charge in [-0.2, -0.15) is 0 Å². The topological polar surface area (TPSA) is 131 Å². The summed E-state index contributed by atoms with van der Waals surface area (Å²) in [6, 6.07) is 32.6. The maximum atomic E-state index is 14.4. The molecule has 3 aliphatic rings. The van der Waals surface area contributed by atoms with Crippen LogP contribution in [0.25, 0.3) is 6.08 Å². The summed E-state index contributed by atoms with van der Waals surface area (Å²) in [5, 5.41) is 13.6. The lowest BCUT2D eigenvalue weighted by Gasteiger charge is -2.44. The summed E-state index contributed by atoms with van der Waals surface area (Å²) < 4.78 is 11.8. The van der Waals surface area contributed by atoms with Crippen molar-refractivity contribution in [3.8, 4) is 11.5 Å². The SMILES string of the molecule is CCOc1cc(/C=C2\C(=O)NC(=O)N(c3cc4c5c(c3)[C@H](c3ccccc3)CCN5CC[C@@H]4c3ccccc3)C2=O)cc(Cl)c1OCc1ccc([N+](=O)[O-])cc1. The largest absolute Gasteiger partial charge is 0.490 e. The number of imide groups is 2. The molecule has 8 rings (SSSR count). The van der Waals surface area contributed by atoms with Crippen LogP contribution < -0.4 is 24.6 Å². The number of benzene rings is 5. The zero-order valence-electron chi connectivity index (χ0n) is 30.4. The van der Waals surface area contributed by atoms with E-state index < -0.39 is 22.8 Å². The van der Waals surface area contributed by atoms with Crippen molar-refractivity contribution in [2.75, 3.05) is 29.5 Å². The van der Waals surface area contributed by atoms with Gasteiger partial charge in [-0.1, -0.05) is 72.3 Å². The Balaban J connectivity index is 1.17. The lowest BCUT2D eigenvalue weighted by Crippen LogP contribution is -2.54. The predicted molar refractivity (Wildman–Crippen MR) is 214 cm³/mol. The molecule has 0 unspecified atom stereocenters. The van der Waals surface area contributed by atoms with Crippen molar-refractivity contribution in [3.63, 3.8) is 0 Å². The second-order valence-corrected chi connectivity index (χ2v) is 14.3. The van der Waals surface area contributed by atoms with Gasteiger partial charge in [0.2, 0.25) is 0 Å². The third kappa shape index (κ3) is 6.97. The molecule has 1 fully saturated rings. The number of urea groups is 1. The van der Waals surface area contributed by atoms with Gasteiger partial charge in [-0.3, -0.25) is 25.0 Å². The standard InChI is InChI=1S/C44H37ClN4O7/c1-2-55-39-23-28(22-38(45)41(39)56-26-27-13-15-31(16-14-27)49(53)54)21-37-42(50)46-44(52)48(43(37)51)32-24-35-33(29-9-5-3-6-10-29)17-19-47-20-18-34(36(25-32)40(35)47)30-11-7-4-8-12-30/h3-16,21-25,33-34H,2,17-20,26H2,1H3,(H,46,50,52)/b37-21+/t33-,34+. The molecule has 282 valence electrons. The van der Waals surface area contributed by atoms with E-state index in [1.54, 1.807) is 25.1 Å². The van der Waals surface area contributed by atoms with E-state index in [4.69, 9.17) is 21.1 Å². The molecule has 56 heavy (non-hydrogen) atoms. The van der Waals surface area contributed by atoms with E-state index in [1.807, 2.05) is 48.5 Å². The van der Waals surface area contributed by atoms with E-state index in [9.17, 15) is 24.5 Å². The van der Waals surface area contributed by atoms with Crippen LogP contribution in [0.2, 0.25) is 5.02 Å². The molecule has 5 aromatic rings. The molecule has 2 atom stereocenters. The van der Waals surface area contributed by atoms with Crippen LogP contribution in [0.5, 0.6) is 11.5 Å². The number of hydrogen-bond acceptors (Lipinski definition) is 8. The molecule has 1 saturated heterocycles. The molecule has 0 bridgehead atoms. The Morgan fingerprint density at radius 3 is 2.02 bits per heavy atom. The minimum atomic E-state index is -0.835. The Morgan fingerprint density at radius 1 is 0.839 bits per heavy atom. The van der Waals surface area contributed by atoms with E-state index in [0.29, 0.717) is 16.8 Å². The molecule has 3 heterocycles. The van der Waals surface area contributed by atoms with Crippen molar-refractivity contribution in [1.82, 2.24) is 5.32 Å². The van der Waals surface area contributed by atoms with E-state index in [1.165, 1.54) is 24.3 Å². The highest BCUT2D eigenvalue weighted by atomic mass is 35.5. The van der Waals surface area contributed by atoms with Gasteiger partial charge >= 0.3 is 6.03 Å². The lowest BCUT2D eigenvalue weighted by atomic mass is 9.76. The average Bonchev–Trinajstić information content (AvgIpc) is 3.20. The number of nitrogens with one attached hydrogen (secondary N) is 1. The van der Waals surface area contributed by atoms with Gasteiger partial charge in [0.15, 0.2) is 11.5 Å². The van der Waals surface area contributed by atoms with E-state index in [-0.39, 0.29) is 52.8 Å². The summed E-state index contributed by atoms with van der Waals surface area (Å²) >= 11 is 6.71. The molecule has 3 aliphatic heterocycles. The Kier molecular flexibility index (Phi) is 10.0. The first-order chi connectivity index (χ1) is 27.2. The number of carbonyl (C=O) groups excluding carboxylic acids is 3. The first-order valence-electron chi connectivity index (χ1n) is 18.5. The molecular weight excluding hydrogens is 732 g/mol. The number of nitro benzene ring substituents is 1. The monoisotopic (exact) mass is 768 g/mol. The van der Waals surface area contributed by atoms with Crippen LogP contribution in [0, 0.1) is 10.1 Å². The number of ether oxygens (including phenoxy) is 2. The normalized spacial score (nSPS) is 18.4. The summed E-state index contributed by atoms with van der Waals surface area (Å²) in [5.41, 5.74) is 6.65. The molecule has 0 spiro atoms. The number of amides is 4. The Hall–Kier alpha value is -6.46. The third-order valence-electron chi connectivity index (χ3n) is 10.5. The van der Waals surface area contributed by atoms with Crippen LogP contribution in [0.4, 0.5) is 21.9 Å². The van der Waals surface area contributed by atoms with Crippen LogP contribution in [0.15, 0.2) is 115 Å². The van der Waals surface area contributed by atoms with Crippen LogP contribution in [-0.4, -0.2) is 42.5 Å². The summed E-state index contributed by atoms with van der Waals surface area (Å²) in [6.45, 7) is 3.87. The second kappa shape index (κ2) is 15.3. The third-order valence-corrected chi connectivity index (χ3v) is 10.8. The van der Waals surface area contributed by atoms with Gasteiger partial charge < -0.3 is 14.4 Å². The maximum Gasteiger partial charge on any atom is 0.335 e. The van der Waals surface area contributed by atoms with Crippen LogP contribution in [0.3, 0.4) is 0 Å². The average molecular weight is 769 g/mol. The molecule has 12 heteroatoms. The lowest BCUT2D eigenvalue weighted by molar-refractivity contribution is -0.384. The fourth-order valence-electron chi connectivity index (χ4n) is 7.97. The van der Waals surface area contributed by atoms with Crippen molar-refractivity contribution >= 4 is 52.6 Å². The van der Waals surface area contributed by atoms with Crippen molar-refractivity contribution in [2.45, 2.75) is 38.2 Å². The number of rotatable bonds is 10. The molecule has 0 aliphatic carbocycles. The first kappa shape index (κ1) is 36.5. The Morgan fingerprint density at radius 2 is 1.45 bits per heavy atom. The predicted octanol–water partition coefficient (Wildman–Crippen LogP) is 8.77. The van der Waals surface area contributed by atoms with Crippen LogP contribution in [-0.2, 0) is 16.2 Å². The van der Waals surface area contributed by atoms with Crippen molar-refractivity contribution in [1.29, 1.82) is 0 Å². The number of carbonyl (C=O) groups is 3. The van der Waals surface area contributed by atoms with Crippen molar-refractivity contribution in [2.24, 2.45) is 0 Å². The maximum absolute atomic E-state index is 14.4. The molecule has 5 aromatic carbocycles. The number of nitro groups is 1. The smallest absolute Gasteiger partial charge is 0.335 e. The van der Waals surface area contributed by atoms with Crippen LogP contribution >= 0.6 is 11.6 Å². The summed E-state index contributed by atoms with van der Waals surface area (Å²) in [7, 11) is 0. The fourth-order valence-corrected chi connectivity index (χ4v) is 8.24. The number of non-ortho nitro benzene ring substituents is 1. The zero-order chi connectivity index (χ0) is 38.9. The number of anilines is 2. The molecule has 0 saturated carbocycles. The van der Waals surface area contributed by atoms with Gasteiger partial charge in [0.05, 0.1) is 22.2 Å². The minimum Gasteiger partial charge on any atom is -0.490 e. The molecular formula is C44H37ClN4O7. The molecule has 1 N–H and O–H groups in total. The zero-order valence-corrected chi connectivity index (χ0v) is 31.2. The highest BCUT2D eigenvalue weighted by Crippen LogP contribution is 2.50. The molecule has 0 radical (unpaired) electrons. The first-order valence-corrected chi connectivity index (χ1v) is 18.8. The van der Waals surface area contributed by atoms with Gasteiger partial charge in [-0.25, -0.2) is 9.69 Å². The molecule has 0 aromatic heterocycles. The van der Waals surface area contributed by atoms with Gasteiger partial charge in [0.1, 0.15) is 12.2 Å². The number of hydrogen-bond donors (Lipinski definition) is 1. The van der Waals surface area contributed by atoms with Gasteiger partial charge in [0.25, 0.3) is 17.5 Å². The highest BCUT2D eigenvalue weighted by molar-refractivity contribution is 6.39. The fraction of sp³-hybridized carbons (Fsp3) is 0.205. The number of barbiturate groups is 1. The van der Waals surface area contributed by atoms with Gasteiger partial charge in [-0.05, 0) is 95.6 Å². The molecule has 11 nitrogen and oxygen atoms in total. The number of halogens is 1. The van der Waals surface area contributed by atoms with Crippen LogP contribution in [0.1, 0.15) is 65.0 Å². The summed E-state index contributed by atoms with van der Waals surface area (Å²) in [6.07, 6.45) is 3.13. The van der Waals surface area contributed by atoms with Crippen molar-refractivity contribution in [3.05, 3.63) is 163 Å². The summed E-state index contributed by atoms with van der Waals surface area (Å²) in [4.78, 5) is 55.5. The second-order valence-electron chi connectivity index (χ2n) is 13.9. The number of nitrogens with zero attached hydrogens (tertiary/aromatic N) is 3. The van der Waals surface area contributed by atoms with Crippen molar-refractivity contribution < 1.29 is 28.8 Å². The highest BCUT2D eigenvalue weighted by Gasteiger charge is 2.40. The van der Waals surface area contributed by atoms with Gasteiger partial charge in [-0.15, -0.1) is 0 Å². The van der Waals surface area contributed by atoms with E-state index in [0.717, 1.165) is 58.8 Å². The minimum absolute atomic E-state index is 0.0375. The van der Waals surface area contributed by atoms with Gasteiger partial charge in [0, 0.05) is 42.7 Å². The van der Waals surface area contributed by atoms with E-state index >= 15 is 0 Å². The van der Waals surface area contributed by atoms with E-state index in [2.05, 4.69) is 34.5 Å².